The summed E-state index contributed by atoms with van der Waals surface area (Å²) >= 11 is 6.44. The summed E-state index contributed by atoms with van der Waals surface area (Å²) in [6.45, 7) is 0.106. The van der Waals surface area contributed by atoms with Gasteiger partial charge in [-0.3, -0.25) is 14.9 Å². The van der Waals surface area contributed by atoms with E-state index in [0.717, 1.165) is 0 Å². The average Bonchev–Trinajstić information content (AvgIpc) is 2.97. The third-order valence-corrected chi connectivity index (χ3v) is 6.15. The normalized spacial score (nSPS) is 11.3. The van der Waals surface area contributed by atoms with E-state index in [2.05, 4.69) is 10.5 Å². The first kappa shape index (κ1) is 27.3. The van der Waals surface area contributed by atoms with E-state index in [9.17, 15) is 20.0 Å². The number of hydrogen-bond donors (Lipinski definition) is 2. The molecule has 0 aliphatic carbocycles. The molecule has 198 valence electrons. The number of carbonyl (C=O) groups excluding carboxylic acids is 1. The second-order valence-electron chi connectivity index (χ2n) is 8.39. The van der Waals surface area contributed by atoms with Crippen LogP contribution in [0, 0.1) is 10.1 Å². The van der Waals surface area contributed by atoms with Crippen molar-refractivity contribution in [1.29, 1.82) is 0 Å². The van der Waals surface area contributed by atoms with Gasteiger partial charge in [-0.15, -0.1) is 0 Å². The van der Waals surface area contributed by atoms with Crippen LogP contribution in [0.25, 0.3) is 0 Å². The number of nitrogens with zero attached hydrogens (tertiary/aromatic N) is 2. The van der Waals surface area contributed by atoms with E-state index in [1.54, 1.807) is 84.9 Å². The number of non-ortho nitro benzene ring substituents is 1. The van der Waals surface area contributed by atoms with E-state index in [-0.39, 0.29) is 23.1 Å². The van der Waals surface area contributed by atoms with Crippen molar-refractivity contribution in [2.24, 2.45) is 5.10 Å². The molecule has 2 N–H and O–H groups in total. The second-order valence-corrected chi connectivity index (χ2v) is 8.80. The summed E-state index contributed by atoms with van der Waals surface area (Å²) < 4.78 is 11.2. The van der Waals surface area contributed by atoms with Crippen molar-refractivity contribution in [2.75, 3.05) is 7.11 Å². The number of carbonyl (C=O) groups is 1. The van der Waals surface area contributed by atoms with Gasteiger partial charge in [0.15, 0.2) is 17.1 Å². The topological polar surface area (TPSA) is 123 Å². The van der Waals surface area contributed by atoms with Crippen LogP contribution < -0.4 is 14.9 Å². The Morgan fingerprint density at radius 1 is 1.03 bits per heavy atom. The molecule has 0 saturated heterocycles. The highest BCUT2D eigenvalue weighted by atomic mass is 35.5. The minimum atomic E-state index is -1.97. The summed E-state index contributed by atoms with van der Waals surface area (Å²) in [6, 6.07) is 26.3. The Morgan fingerprint density at radius 2 is 1.62 bits per heavy atom. The molecule has 0 atom stereocenters. The van der Waals surface area contributed by atoms with Crippen LogP contribution >= 0.6 is 11.6 Å². The number of nitro groups is 1. The zero-order chi connectivity index (χ0) is 27.8. The summed E-state index contributed by atoms with van der Waals surface area (Å²) in [5, 5.41) is 26.6. The molecule has 9 nitrogen and oxygen atoms in total. The van der Waals surface area contributed by atoms with Crippen molar-refractivity contribution < 1.29 is 24.3 Å². The van der Waals surface area contributed by atoms with Gasteiger partial charge in [-0.05, 0) is 46.5 Å². The molecule has 10 heteroatoms. The third-order valence-electron chi connectivity index (χ3n) is 5.87. The molecule has 0 unspecified atom stereocenters. The molecule has 0 aromatic heterocycles. The Morgan fingerprint density at radius 3 is 2.15 bits per heavy atom. The van der Waals surface area contributed by atoms with Crippen LogP contribution in [0.4, 0.5) is 5.69 Å². The first-order valence-corrected chi connectivity index (χ1v) is 12.1. The Kier molecular flexibility index (Phi) is 8.55. The van der Waals surface area contributed by atoms with E-state index >= 15 is 0 Å². The van der Waals surface area contributed by atoms with Crippen molar-refractivity contribution in [3.63, 3.8) is 0 Å². The smallest absolute Gasteiger partial charge is 0.281 e. The number of halogens is 1. The first-order valence-electron chi connectivity index (χ1n) is 11.7. The highest BCUT2D eigenvalue weighted by Gasteiger charge is 2.39. The predicted molar refractivity (Wildman–Crippen MR) is 147 cm³/mol. The summed E-state index contributed by atoms with van der Waals surface area (Å²) in [4.78, 5) is 23.6. The molecule has 0 fully saturated rings. The summed E-state index contributed by atoms with van der Waals surface area (Å²) in [7, 11) is 1.45. The average molecular weight is 546 g/mol. The number of hydrazone groups is 1. The maximum absolute atomic E-state index is 13.2. The zero-order valence-corrected chi connectivity index (χ0v) is 21.5. The fourth-order valence-electron chi connectivity index (χ4n) is 3.86. The van der Waals surface area contributed by atoms with E-state index < -0.39 is 16.4 Å². The number of amides is 1. The minimum Gasteiger partial charge on any atom is -0.493 e. The van der Waals surface area contributed by atoms with Crippen LogP contribution in [0.1, 0.15) is 22.3 Å². The van der Waals surface area contributed by atoms with Crippen LogP contribution in [0.5, 0.6) is 11.5 Å². The number of rotatable bonds is 10. The number of hydrogen-bond acceptors (Lipinski definition) is 7. The van der Waals surface area contributed by atoms with Crippen LogP contribution in [0.15, 0.2) is 102 Å². The van der Waals surface area contributed by atoms with Gasteiger partial charge in [0.05, 0.1) is 23.3 Å². The van der Waals surface area contributed by atoms with E-state index in [4.69, 9.17) is 21.1 Å². The quantitative estimate of drug-likeness (QED) is 0.160. The molecule has 0 bridgehead atoms. The molecule has 0 spiro atoms. The standard InChI is InChI=1S/C29H24ClN3O6/c1-38-26-17-21(16-25(30)27(26)39-19-20-12-14-24(15-13-20)33(36)37)18-31-32-28(34)29(35,22-8-4-2-5-9-22)23-10-6-3-7-11-23/h2-18,35H,19H2,1H3,(H,32,34)/b31-18-. The number of benzene rings is 4. The van der Waals surface area contributed by atoms with Gasteiger partial charge < -0.3 is 14.6 Å². The minimum absolute atomic E-state index is 0.0175. The highest BCUT2D eigenvalue weighted by molar-refractivity contribution is 6.32. The number of ether oxygens (including phenoxy) is 2. The number of aliphatic hydroxyl groups is 1. The maximum Gasteiger partial charge on any atom is 0.281 e. The zero-order valence-electron chi connectivity index (χ0n) is 20.8. The van der Waals surface area contributed by atoms with E-state index in [1.807, 2.05) is 0 Å². The van der Waals surface area contributed by atoms with Crippen LogP contribution in [-0.2, 0) is 17.0 Å². The maximum atomic E-state index is 13.2. The Labute approximate surface area is 229 Å². The lowest BCUT2D eigenvalue weighted by Gasteiger charge is -2.27. The predicted octanol–water partition coefficient (Wildman–Crippen LogP) is 5.22. The lowest BCUT2D eigenvalue weighted by Crippen LogP contribution is -2.43. The molecule has 0 aliphatic heterocycles. The monoisotopic (exact) mass is 545 g/mol. The Hall–Kier alpha value is -4.73. The molecular formula is C29H24ClN3O6. The molecule has 0 aliphatic rings. The molecule has 0 radical (unpaired) electrons. The van der Waals surface area contributed by atoms with Gasteiger partial charge in [-0.25, -0.2) is 5.43 Å². The Bertz CT molecular complexity index is 1440. The molecule has 4 rings (SSSR count). The Balaban J connectivity index is 1.50. The molecule has 4 aromatic carbocycles. The molecule has 1 amide bonds. The summed E-state index contributed by atoms with van der Waals surface area (Å²) in [5.41, 5.74) is 2.42. The largest absolute Gasteiger partial charge is 0.493 e. The summed E-state index contributed by atoms with van der Waals surface area (Å²) in [6.07, 6.45) is 1.36. The number of nitro benzene ring substituents is 1. The van der Waals surface area contributed by atoms with Gasteiger partial charge in [0.25, 0.3) is 11.6 Å². The molecular weight excluding hydrogens is 522 g/mol. The van der Waals surface area contributed by atoms with Crippen molar-refractivity contribution in [3.05, 3.63) is 134 Å². The van der Waals surface area contributed by atoms with Crippen LogP contribution in [0.2, 0.25) is 5.02 Å². The van der Waals surface area contributed by atoms with Crippen LogP contribution in [0.3, 0.4) is 0 Å². The van der Waals surface area contributed by atoms with Crippen LogP contribution in [-0.4, -0.2) is 29.3 Å². The van der Waals surface area contributed by atoms with Gasteiger partial charge in [0, 0.05) is 12.1 Å². The van der Waals surface area contributed by atoms with Crippen molar-refractivity contribution in [2.45, 2.75) is 12.2 Å². The lowest BCUT2D eigenvalue weighted by atomic mass is 9.85. The SMILES string of the molecule is COc1cc(/C=N\NC(=O)C(O)(c2ccccc2)c2ccccc2)cc(Cl)c1OCc1ccc([N+](=O)[O-])cc1. The molecule has 0 saturated carbocycles. The van der Waals surface area contributed by atoms with Crippen molar-refractivity contribution >= 4 is 29.4 Å². The van der Waals surface area contributed by atoms with Gasteiger partial charge in [-0.1, -0.05) is 72.3 Å². The van der Waals surface area contributed by atoms with E-state index in [0.29, 0.717) is 28.0 Å². The van der Waals surface area contributed by atoms with Gasteiger partial charge in [0.2, 0.25) is 0 Å². The number of nitrogens with one attached hydrogen (secondary N) is 1. The van der Waals surface area contributed by atoms with Gasteiger partial charge in [0.1, 0.15) is 6.61 Å². The second kappa shape index (κ2) is 12.2. The number of methoxy groups -OCH3 is 1. The fraction of sp³-hybridized carbons (Fsp3) is 0.103. The van der Waals surface area contributed by atoms with Crippen molar-refractivity contribution in [3.8, 4) is 11.5 Å². The van der Waals surface area contributed by atoms with E-state index in [1.165, 1.54) is 25.5 Å². The highest BCUT2D eigenvalue weighted by Crippen LogP contribution is 2.37. The fourth-order valence-corrected chi connectivity index (χ4v) is 4.13. The molecule has 39 heavy (non-hydrogen) atoms. The lowest BCUT2D eigenvalue weighted by molar-refractivity contribution is -0.384. The summed E-state index contributed by atoms with van der Waals surface area (Å²) in [5.74, 6) is -0.138. The first-order chi connectivity index (χ1) is 18.8. The van der Waals surface area contributed by atoms with Gasteiger partial charge in [-0.2, -0.15) is 5.10 Å². The van der Waals surface area contributed by atoms with Crippen molar-refractivity contribution in [1.82, 2.24) is 5.43 Å². The van der Waals surface area contributed by atoms with Gasteiger partial charge >= 0.3 is 0 Å². The molecule has 0 heterocycles. The third kappa shape index (κ3) is 6.23. The molecule has 4 aromatic rings.